The largest absolute Gasteiger partial charge is 0.322 e. The molecule has 0 spiro atoms. The smallest absolute Gasteiger partial charge is 0.248 e. The Hall–Kier alpha value is -4.08. The number of nitrogens with one attached hydrogen (secondary N) is 1. The highest BCUT2D eigenvalue weighted by Crippen LogP contribution is 2.40. The van der Waals surface area contributed by atoms with E-state index in [1.807, 2.05) is 58.7 Å². The highest BCUT2D eigenvalue weighted by molar-refractivity contribution is 7.13. The summed E-state index contributed by atoms with van der Waals surface area (Å²) in [6.07, 6.45) is 7.33. The molecule has 6 rings (SSSR count). The van der Waals surface area contributed by atoms with Crippen molar-refractivity contribution in [2.75, 3.05) is 5.32 Å². The van der Waals surface area contributed by atoms with Gasteiger partial charge in [-0.2, -0.15) is 9.78 Å². The number of tetrazole rings is 1. The van der Waals surface area contributed by atoms with Crippen molar-refractivity contribution in [3.8, 4) is 21.9 Å². The maximum absolute atomic E-state index is 12.8. The van der Waals surface area contributed by atoms with Gasteiger partial charge in [-0.3, -0.25) is 4.79 Å². The SMILES string of the molecule is O=C(/C=C/c1cn(-c2ccccc2)nc1-c1cccs1)Nc1ccc(Cl)c(-n2nnnc2C2CC2)c1. The standard InChI is InChI=1S/C26H20ClN7OS/c27-21-12-11-19(15-22(21)34-26(17-8-9-17)29-31-32-34)28-24(35)13-10-18-16-33(20-5-2-1-3-6-20)30-25(18)23-7-4-14-36-23/h1-7,10-17H,8-9H2,(H,28,35)/b13-10+. The Morgan fingerprint density at radius 1 is 1.11 bits per heavy atom. The van der Waals surface area contributed by atoms with Crippen LogP contribution in [0.25, 0.3) is 28.0 Å². The van der Waals surface area contributed by atoms with Crippen LogP contribution in [-0.2, 0) is 4.79 Å². The molecule has 3 heterocycles. The Kier molecular flexibility index (Phi) is 5.92. The van der Waals surface area contributed by atoms with Crippen molar-refractivity contribution in [1.82, 2.24) is 30.0 Å². The second-order valence-corrected chi connectivity index (χ2v) is 9.76. The second kappa shape index (κ2) is 9.52. The van der Waals surface area contributed by atoms with Crippen LogP contribution in [0.5, 0.6) is 0 Å². The normalized spacial score (nSPS) is 13.4. The first-order valence-electron chi connectivity index (χ1n) is 11.4. The molecule has 1 saturated carbocycles. The number of para-hydroxylation sites is 1. The average Bonchev–Trinajstić information content (AvgIpc) is 3.29. The first kappa shape index (κ1) is 22.4. The number of rotatable bonds is 7. The van der Waals surface area contributed by atoms with Crippen molar-refractivity contribution < 1.29 is 4.79 Å². The molecule has 5 aromatic rings. The van der Waals surface area contributed by atoms with Crippen molar-refractivity contribution in [2.45, 2.75) is 18.8 Å². The molecule has 178 valence electrons. The third-order valence-electron chi connectivity index (χ3n) is 5.81. The fourth-order valence-corrected chi connectivity index (χ4v) is 4.82. The molecule has 8 nitrogen and oxygen atoms in total. The molecule has 1 aliphatic carbocycles. The molecular weight excluding hydrogens is 494 g/mol. The van der Waals surface area contributed by atoms with E-state index in [4.69, 9.17) is 16.7 Å². The molecule has 36 heavy (non-hydrogen) atoms. The highest BCUT2D eigenvalue weighted by Gasteiger charge is 2.30. The van der Waals surface area contributed by atoms with Crippen LogP contribution in [0.1, 0.15) is 30.1 Å². The molecule has 2 aromatic carbocycles. The van der Waals surface area contributed by atoms with E-state index in [1.54, 1.807) is 40.3 Å². The van der Waals surface area contributed by atoms with Crippen molar-refractivity contribution in [1.29, 1.82) is 0 Å². The van der Waals surface area contributed by atoms with Gasteiger partial charge in [0.1, 0.15) is 5.69 Å². The average molecular weight is 514 g/mol. The zero-order valence-corrected chi connectivity index (χ0v) is 20.5. The van der Waals surface area contributed by atoms with E-state index in [9.17, 15) is 4.79 Å². The Morgan fingerprint density at radius 2 is 1.97 bits per heavy atom. The molecule has 0 atom stereocenters. The molecule has 0 bridgehead atoms. The lowest BCUT2D eigenvalue weighted by Gasteiger charge is -2.09. The molecule has 0 radical (unpaired) electrons. The number of halogens is 1. The minimum atomic E-state index is -0.271. The van der Waals surface area contributed by atoms with E-state index in [-0.39, 0.29) is 5.91 Å². The number of anilines is 1. The summed E-state index contributed by atoms with van der Waals surface area (Å²) in [7, 11) is 0. The lowest BCUT2D eigenvalue weighted by atomic mass is 10.2. The summed E-state index contributed by atoms with van der Waals surface area (Å²) in [5, 5.41) is 22.2. The van der Waals surface area contributed by atoms with E-state index in [0.29, 0.717) is 22.3 Å². The number of hydrogen-bond acceptors (Lipinski definition) is 6. The zero-order valence-electron chi connectivity index (χ0n) is 19.0. The fourth-order valence-electron chi connectivity index (χ4n) is 3.89. The maximum Gasteiger partial charge on any atom is 0.248 e. The number of amides is 1. The number of nitrogens with zero attached hydrogens (tertiary/aromatic N) is 6. The maximum atomic E-state index is 12.8. The molecule has 1 amide bonds. The van der Waals surface area contributed by atoms with E-state index in [2.05, 4.69) is 20.8 Å². The van der Waals surface area contributed by atoms with Gasteiger partial charge in [-0.25, -0.2) is 4.68 Å². The Balaban J connectivity index is 1.25. The summed E-state index contributed by atoms with van der Waals surface area (Å²) in [6.45, 7) is 0. The molecule has 1 aliphatic rings. The van der Waals surface area contributed by atoms with Crippen LogP contribution < -0.4 is 5.32 Å². The summed E-state index contributed by atoms with van der Waals surface area (Å²) >= 11 is 8.03. The van der Waals surface area contributed by atoms with Crippen LogP contribution in [-0.4, -0.2) is 35.9 Å². The number of hydrogen-bond donors (Lipinski definition) is 1. The summed E-state index contributed by atoms with van der Waals surface area (Å²) in [4.78, 5) is 13.9. The van der Waals surface area contributed by atoms with Crippen LogP contribution in [0.4, 0.5) is 5.69 Å². The first-order valence-corrected chi connectivity index (χ1v) is 12.7. The lowest BCUT2D eigenvalue weighted by molar-refractivity contribution is -0.111. The van der Waals surface area contributed by atoms with Crippen LogP contribution in [0.2, 0.25) is 5.02 Å². The van der Waals surface area contributed by atoms with Gasteiger partial charge in [-0.05, 0) is 71.1 Å². The molecule has 1 fully saturated rings. The summed E-state index contributed by atoms with van der Waals surface area (Å²) in [5.41, 5.74) is 3.84. The van der Waals surface area contributed by atoms with Crippen molar-refractivity contribution in [2.24, 2.45) is 0 Å². The molecule has 0 unspecified atom stereocenters. The monoisotopic (exact) mass is 513 g/mol. The molecule has 0 saturated heterocycles. The van der Waals surface area contributed by atoms with Gasteiger partial charge in [0.2, 0.25) is 5.91 Å². The number of carbonyl (C=O) groups excluding carboxylic acids is 1. The Labute approximate surface area is 215 Å². The Bertz CT molecular complexity index is 1550. The van der Waals surface area contributed by atoms with Gasteiger partial charge in [0.25, 0.3) is 0 Å². The van der Waals surface area contributed by atoms with Gasteiger partial charge in [-0.1, -0.05) is 35.9 Å². The molecular formula is C26H20ClN7OS. The summed E-state index contributed by atoms with van der Waals surface area (Å²) < 4.78 is 3.47. The molecule has 10 heteroatoms. The molecule has 0 aliphatic heterocycles. The number of aromatic nitrogens is 6. The van der Waals surface area contributed by atoms with Crippen LogP contribution in [0.15, 0.2) is 78.3 Å². The second-order valence-electron chi connectivity index (χ2n) is 8.40. The summed E-state index contributed by atoms with van der Waals surface area (Å²) in [5.74, 6) is 0.871. The minimum Gasteiger partial charge on any atom is -0.322 e. The van der Waals surface area contributed by atoms with Crippen molar-refractivity contribution in [3.05, 3.63) is 94.7 Å². The van der Waals surface area contributed by atoms with Gasteiger partial charge >= 0.3 is 0 Å². The minimum absolute atomic E-state index is 0.271. The van der Waals surface area contributed by atoms with Crippen LogP contribution in [0.3, 0.4) is 0 Å². The fraction of sp³-hybridized carbons (Fsp3) is 0.115. The van der Waals surface area contributed by atoms with Gasteiger partial charge in [-0.15, -0.1) is 16.4 Å². The van der Waals surface area contributed by atoms with Gasteiger partial charge < -0.3 is 5.32 Å². The van der Waals surface area contributed by atoms with Gasteiger partial charge in [0.15, 0.2) is 5.82 Å². The number of benzene rings is 2. The predicted molar refractivity (Wildman–Crippen MR) is 141 cm³/mol. The lowest BCUT2D eigenvalue weighted by Crippen LogP contribution is -2.09. The van der Waals surface area contributed by atoms with Crippen molar-refractivity contribution in [3.63, 3.8) is 0 Å². The predicted octanol–water partition coefficient (Wildman–Crippen LogP) is 5.76. The van der Waals surface area contributed by atoms with Gasteiger partial charge in [0, 0.05) is 29.4 Å². The highest BCUT2D eigenvalue weighted by atomic mass is 35.5. The van der Waals surface area contributed by atoms with Crippen LogP contribution >= 0.6 is 22.9 Å². The third-order valence-corrected chi connectivity index (χ3v) is 7.01. The summed E-state index contributed by atoms with van der Waals surface area (Å²) in [6, 6.07) is 19.1. The number of thiophene rings is 1. The number of carbonyl (C=O) groups is 1. The van der Waals surface area contributed by atoms with Crippen LogP contribution in [0, 0.1) is 0 Å². The van der Waals surface area contributed by atoms with Crippen molar-refractivity contribution >= 4 is 40.6 Å². The zero-order chi connectivity index (χ0) is 24.5. The molecule has 1 N–H and O–H groups in total. The quantitative estimate of drug-likeness (QED) is 0.279. The topological polar surface area (TPSA) is 90.5 Å². The van der Waals surface area contributed by atoms with E-state index in [1.165, 1.54) is 6.08 Å². The first-order chi connectivity index (χ1) is 17.7. The van der Waals surface area contributed by atoms with E-state index >= 15 is 0 Å². The third kappa shape index (κ3) is 4.58. The van der Waals surface area contributed by atoms with E-state index < -0.39 is 0 Å². The van der Waals surface area contributed by atoms with Gasteiger partial charge in [0.05, 0.1) is 21.3 Å². The molecule has 3 aromatic heterocycles. The Morgan fingerprint density at radius 3 is 2.75 bits per heavy atom. The van der Waals surface area contributed by atoms with E-state index in [0.717, 1.165) is 40.5 Å².